The molecule has 0 spiro atoms. The lowest BCUT2D eigenvalue weighted by Crippen LogP contribution is -2.36. The van der Waals surface area contributed by atoms with Crippen molar-refractivity contribution in [2.45, 2.75) is 12.5 Å². The van der Waals surface area contributed by atoms with Crippen molar-refractivity contribution in [2.75, 3.05) is 12.8 Å². The number of nitrogens with two attached hydrogens (primary N) is 1. The maximum Gasteiger partial charge on any atom is 0.255 e. The van der Waals surface area contributed by atoms with Gasteiger partial charge < -0.3 is 15.8 Å². The number of hydrogen-bond donors (Lipinski definition) is 2. The first-order valence-electron chi connectivity index (χ1n) is 8.42. The summed E-state index contributed by atoms with van der Waals surface area (Å²) < 4.78 is 19.5. The van der Waals surface area contributed by atoms with Gasteiger partial charge in [-0.25, -0.2) is 14.4 Å². The average Bonchev–Trinajstić information content (AvgIpc) is 2.67. The molecule has 0 fully saturated rings. The van der Waals surface area contributed by atoms with E-state index >= 15 is 0 Å². The van der Waals surface area contributed by atoms with Gasteiger partial charge in [-0.3, -0.25) is 4.79 Å². The van der Waals surface area contributed by atoms with E-state index in [2.05, 4.69) is 15.3 Å². The van der Waals surface area contributed by atoms with Gasteiger partial charge in [0.1, 0.15) is 11.6 Å². The molecule has 0 saturated carbocycles. The number of ether oxygens (including phenoxy) is 1. The molecule has 1 aliphatic heterocycles. The predicted octanol–water partition coefficient (Wildman–Crippen LogP) is 2.90. The topological polar surface area (TPSA) is 90.1 Å². The number of methoxy groups -OCH3 is 1. The average molecular weight is 364 g/mol. The molecule has 0 aliphatic carbocycles. The zero-order valence-electron chi connectivity index (χ0n) is 14.6. The summed E-state index contributed by atoms with van der Waals surface area (Å²) >= 11 is 0. The van der Waals surface area contributed by atoms with Gasteiger partial charge in [-0.2, -0.15) is 0 Å². The van der Waals surface area contributed by atoms with Gasteiger partial charge in [0.05, 0.1) is 24.4 Å². The van der Waals surface area contributed by atoms with Crippen molar-refractivity contribution in [2.24, 2.45) is 0 Å². The fourth-order valence-electron chi connectivity index (χ4n) is 3.38. The Labute approximate surface area is 155 Å². The molecule has 3 N–H and O–H groups in total. The molecule has 0 saturated heterocycles. The van der Waals surface area contributed by atoms with Gasteiger partial charge in [-0.1, -0.05) is 24.3 Å². The Morgan fingerprint density at radius 1 is 1.19 bits per heavy atom. The second-order valence-electron chi connectivity index (χ2n) is 6.25. The molecule has 1 atom stereocenters. The summed E-state index contributed by atoms with van der Waals surface area (Å²) in [5.74, 6) is 0.0926. The molecule has 1 aromatic heterocycles. The van der Waals surface area contributed by atoms with E-state index in [4.69, 9.17) is 10.5 Å². The van der Waals surface area contributed by atoms with Gasteiger partial charge in [-0.05, 0) is 29.3 Å². The number of carbonyl (C=O) groups is 1. The first-order chi connectivity index (χ1) is 13.1. The number of benzene rings is 2. The minimum atomic E-state index is -0.375. The van der Waals surface area contributed by atoms with Crippen molar-refractivity contribution in [3.63, 3.8) is 0 Å². The highest BCUT2D eigenvalue weighted by Crippen LogP contribution is 2.37. The number of amides is 1. The number of fused-ring (bicyclic) bond motifs is 1. The van der Waals surface area contributed by atoms with Crippen LogP contribution < -0.4 is 15.8 Å². The number of nitrogen functional groups attached to an aromatic ring is 1. The zero-order chi connectivity index (χ0) is 19.0. The second-order valence-corrected chi connectivity index (χ2v) is 6.25. The van der Waals surface area contributed by atoms with E-state index in [1.54, 1.807) is 13.2 Å². The highest BCUT2D eigenvalue weighted by molar-refractivity contribution is 5.96. The number of para-hydroxylation sites is 1. The molecule has 3 aromatic rings. The summed E-state index contributed by atoms with van der Waals surface area (Å²) in [7, 11) is 1.57. The van der Waals surface area contributed by atoms with Gasteiger partial charge in [0.25, 0.3) is 5.91 Å². The number of aromatic nitrogens is 2. The molecular weight excluding hydrogens is 347 g/mol. The van der Waals surface area contributed by atoms with Gasteiger partial charge >= 0.3 is 0 Å². The zero-order valence-corrected chi connectivity index (χ0v) is 14.6. The lowest BCUT2D eigenvalue weighted by atomic mass is 9.89. The third-order valence-electron chi connectivity index (χ3n) is 4.62. The van der Waals surface area contributed by atoms with Crippen LogP contribution in [0.5, 0.6) is 5.75 Å². The highest BCUT2D eigenvalue weighted by Gasteiger charge is 2.29. The summed E-state index contributed by atoms with van der Waals surface area (Å²) in [6.07, 6.45) is 1.86. The molecule has 27 heavy (non-hydrogen) atoms. The van der Waals surface area contributed by atoms with Crippen LogP contribution in [0, 0.1) is 5.82 Å². The molecule has 0 bridgehead atoms. The fraction of sp³-hybridized carbons (Fsp3) is 0.150. The minimum Gasteiger partial charge on any atom is -0.496 e. The normalized spacial score (nSPS) is 15.8. The number of anilines is 1. The van der Waals surface area contributed by atoms with Crippen LogP contribution in [0.15, 0.2) is 48.7 Å². The quantitative estimate of drug-likeness (QED) is 0.746. The Bertz CT molecular complexity index is 1040. The van der Waals surface area contributed by atoms with E-state index < -0.39 is 0 Å². The van der Waals surface area contributed by atoms with Crippen molar-refractivity contribution in [1.29, 1.82) is 0 Å². The van der Waals surface area contributed by atoms with Crippen molar-refractivity contribution in [1.82, 2.24) is 15.3 Å². The van der Waals surface area contributed by atoms with Crippen molar-refractivity contribution < 1.29 is 13.9 Å². The first-order valence-corrected chi connectivity index (χ1v) is 8.42. The molecule has 136 valence electrons. The summed E-state index contributed by atoms with van der Waals surface area (Å²) in [6.45, 7) is 0. The summed E-state index contributed by atoms with van der Waals surface area (Å²) in [4.78, 5) is 20.6. The van der Waals surface area contributed by atoms with E-state index in [1.807, 2.05) is 24.3 Å². The Morgan fingerprint density at radius 2 is 2.00 bits per heavy atom. The molecule has 0 radical (unpaired) electrons. The molecule has 2 heterocycles. The molecule has 1 unspecified atom stereocenters. The maximum atomic E-state index is 14.0. The van der Waals surface area contributed by atoms with Crippen LogP contribution in [0.25, 0.3) is 11.1 Å². The van der Waals surface area contributed by atoms with Crippen molar-refractivity contribution in [3.05, 3.63) is 71.3 Å². The standard InChI is InChI=1S/C20H17FN4O2/c1-27-18-5-3-2-4-13(18)14-8-11(21)6-7-12(14)16-9-17-15(19(26)24-16)10-23-20(22)25-17/h2-8,10,16H,9H2,1H3,(H,24,26)(H2,22,23,25). The largest absolute Gasteiger partial charge is 0.496 e. The Hall–Kier alpha value is -3.48. The number of halogens is 1. The molecule has 1 amide bonds. The second kappa shape index (κ2) is 6.68. The third kappa shape index (κ3) is 3.08. The number of rotatable bonds is 3. The highest BCUT2D eigenvalue weighted by atomic mass is 19.1. The van der Waals surface area contributed by atoms with Crippen molar-refractivity contribution in [3.8, 4) is 16.9 Å². The summed E-state index contributed by atoms with van der Waals surface area (Å²) in [5.41, 5.74) is 8.83. The number of nitrogens with zero attached hydrogens (tertiary/aromatic N) is 2. The van der Waals surface area contributed by atoms with Gasteiger partial charge in [0, 0.05) is 18.2 Å². The van der Waals surface area contributed by atoms with Crippen LogP contribution >= 0.6 is 0 Å². The SMILES string of the molecule is COc1ccccc1-c1cc(F)ccc1C1Cc2nc(N)ncc2C(=O)N1. The van der Waals surface area contributed by atoms with Gasteiger partial charge in [0.2, 0.25) is 5.95 Å². The molecular formula is C20H17FN4O2. The molecule has 2 aromatic carbocycles. The minimum absolute atomic E-state index is 0.117. The monoisotopic (exact) mass is 364 g/mol. The van der Waals surface area contributed by atoms with E-state index in [1.165, 1.54) is 18.3 Å². The lowest BCUT2D eigenvalue weighted by Gasteiger charge is -2.27. The fourth-order valence-corrected chi connectivity index (χ4v) is 3.38. The third-order valence-corrected chi connectivity index (χ3v) is 4.62. The number of carbonyl (C=O) groups excluding carboxylic acids is 1. The van der Waals surface area contributed by atoms with E-state index in [9.17, 15) is 9.18 Å². The van der Waals surface area contributed by atoms with Crippen LogP contribution in [-0.4, -0.2) is 23.0 Å². The van der Waals surface area contributed by atoms with Crippen LogP contribution in [0.2, 0.25) is 0 Å². The molecule has 1 aliphatic rings. The Kier molecular flexibility index (Phi) is 4.19. The van der Waals surface area contributed by atoms with Crippen LogP contribution in [-0.2, 0) is 6.42 Å². The van der Waals surface area contributed by atoms with Crippen LogP contribution in [0.3, 0.4) is 0 Å². The Morgan fingerprint density at radius 3 is 2.81 bits per heavy atom. The number of nitrogens with one attached hydrogen (secondary N) is 1. The summed E-state index contributed by atoms with van der Waals surface area (Å²) in [5, 5.41) is 2.95. The predicted molar refractivity (Wildman–Crippen MR) is 98.7 cm³/mol. The first kappa shape index (κ1) is 17.0. The van der Waals surface area contributed by atoms with E-state index in [0.717, 1.165) is 11.1 Å². The van der Waals surface area contributed by atoms with E-state index in [0.29, 0.717) is 29.0 Å². The molecule has 6 nitrogen and oxygen atoms in total. The Balaban J connectivity index is 1.83. The van der Waals surface area contributed by atoms with Gasteiger partial charge in [0.15, 0.2) is 0 Å². The van der Waals surface area contributed by atoms with Crippen LogP contribution in [0.4, 0.5) is 10.3 Å². The van der Waals surface area contributed by atoms with E-state index in [-0.39, 0.29) is 23.7 Å². The maximum absolute atomic E-state index is 14.0. The smallest absolute Gasteiger partial charge is 0.255 e. The number of hydrogen-bond acceptors (Lipinski definition) is 5. The molecule has 7 heteroatoms. The van der Waals surface area contributed by atoms with Crippen molar-refractivity contribution >= 4 is 11.9 Å². The van der Waals surface area contributed by atoms with Gasteiger partial charge in [-0.15, -0.1) is 0 Å². The lowest BCUT2D eigenvalue weighted by molar-refractivity contribution is 0.0923. The van der Waals surface area contributed by atoms with Crippen LogP contribution in [0.1, 0.15) is 27.7 Å². The summed E-state index contributed by atoms with van der Waals surface area (Å²) in [6, 6.07) is 11.5. The molecule has 4 rings (SSSR count).